The minimum Gasteiger partial charge on any atom is -0.346 e. The highest BCUT2D eigenvalue weighted by Crippen LogP contribution is 2.20. The van der Waals surface area contributed by atoms with E-state index in [-0.39, 0.29) is 17.8 Å². The van der Waals surface area contributed by atoms with Crippen molar-refractivity contribution in [3.8, 4) is 0 Å². The highest BCUT2D eigenvalue weighted by Gasteiger charge is 2.08. The van der Waals surface area contributed by atoms with Crippen LogP contribution in [0.2, 0.25) is 0 Å². The summed E-state index contributed by atoms with van der Waals surface area (Å²) in [6, 6.07) is 20.2. The predicted octanol–water partition coefficient (Wildman–Crippen LogP) is 4.87. The van der Waals surface area contributed by atoms with Crippen LogP contribution in [0.1, 0.15) is 24.1 Å². The van der Waals surface area contributed by atoms with Crippen LogP contribution in [0.5, 0.6) is 0 Å². The second-order valence-electron chi connectivity index (χ2n) is 5.72. The number of hydrogen-bond acceptors (Lipinski definition) is 1. The first kappa shape index (κ1) is 15.9. The second kappa shape index (κ2) is 7.09. The third-order valence-electron chi connectivity index (χ3n) is 3.93. The highest BCUT2D eigenvalue weighted by atomic mass is 19.1. The third-order valence-corrected chi connectivity index (χ3v) is 3.93. The number of benzene rings is 3. The Morgan fingerprint density at radius 1 is 1.00 bits per heavy atom. The summed E-state index contributed by atoms with van der Waals surface area (Å²) in [6.07, 6.45) is 3.13. The number of hydrogen-bond donors (Lipinski definition) is 1. The zero-order chi connectivity index (χ0) is 16.9. The monoisotopic (exact) mass is 319 g/mol. The molecular formula is C21H18FNO. The van der Waals surface area contributed by atoms with Gasteiger partial charge >= 0.3 is 0 Å². The molecule has 3 heteroatoms. The van der Waals surface area contributed by atoms with E-state index < -0.39 is 0 Å². The van der Waals surface area contributed by atoms with Crippen LogP contribution in [-0.4, -0.2) is 5.91 Å². The van der Waals surface area contributed by atoms with Crippen molar-refractivity contribution in [1.82, 2.24) is 5.32 Å². The topological polar surface area (TPSA) is 29.1 Å². The summed E-state index contributed by atoms with van der Waals surface area (Å²) in [5.41, 5.74) is 1.84. The van der Waals surface area contributed by atoms with Gasteiger partial charge in [0.2, 0.25) is 5.91 Å². The van der Waals surface area contributed by atoms with Crippen LogP contribution in [-0.2, 0) is 4.79 Å². The Hall–Kier alpha value is -2.94. The van der Waals surface area contributed by atoms with Crippen molar-refractivity contribution in [2.45, 2.75) is 13.0 Å². The molecule has 0 bridgehead atoms. The molecule has 3 aromatic rings. The first-order chi connectivity index (χ1) is 11.6. The molecular weight excluding hydrogens is 301 g/mol. The van der Waals surface area contributed by atoms with Crippen molar-refractivity contribution in [3.05, 3.63) is 89.8 Å². The van der Waals surface area contributed by atoms with Gasteiger partial charge in [0.15, 0.2) is 0 Å². The molecule has 2 nitrogen and oxygen atoms in total. The molecule has 0 fully saturated rings. The molecule has 3 aromatic carbocycles. The van der Waals surface area contributed by atoms with Gasteiger partial charge in [-0.15, -0.1) is 0 Å². The van der Waals surface area contributed by atoms with Crippen LogP contribution in [0.25, 0.3) is 16.8 Å². The average Bonchev–Trinajstić information content (AvgIpc) is 2.61. The molecule has 120 valence electrons. The van der Waals surface area contributed by atoms with Crippen LogP contribution in [0.15, 0.2) is 72.8 Å². The number of fused-ring (bicyclic) bond motifs is 1. The molecule has 0 saturated heterocycles. The number of carbonyl (C=O) groups is 1. The highest BCUT2D eigenvalue weighted by molar-refractivity contribution is 5.92. The van der Waals surface area contributed by atoms with Crippen molar-refractivity contribution in [3.63, 3.8) is 0 Å². The summed E-state index contributed by atoms with van der Waals surface area (Å²) in [7, 11) is 0. The fraction of sp³-hybridized carbons (Fsp3) is 0.0952. The van der Waals surface area contributed by atoms with E-state index in [1.54, 1.807) is 18.2 Å². The van der Waals surface area contributed by atoms with E-state index in [2.05, 4.69) is 29.6 Å². The SMILES string of the molecule is C[C@H](NC(=O)C=Cc1ccc(F)cc1)c1ccc2ccccc2c1. The maximum absolute atomic E-state index is 12.9. The van der Waals surface area contributed by atoms with E-state index in [0.717, 1.165) is 16.5 Å². The molecule has 0 radical (unpaired) electrons. The molecule has 1 atom stereocenters. The van der Waals surface area contributed by atoms with Crippen LogP contribution in [0, 0.1) is 5.82 Å². The summed E-state index contributed by atoms with van der Waals surface area (Å²) >= 11 is 0. The summed E-state index contributed by atoms with van der Waals surface area (Å²) < 4.78 is 12.9. The molecule has 0 aliphatic heterocycles. The minimum atomic E-state index is -0.290. The summed E-state index contributed by atoms with van der Waals surface area (Å²) in [4.78, 5) is 12.1. The van der Waals surface area contributed by atoms with Gasteiger partial charge in [0.1, 0.15) is 5.82 Å². The molecule has 0 aliphatic carbocycles. The van der Waals surface area contributed by atoms with Gasteiger partial charge in [-0.25, -0.2) is 4.39 Å². The van der Waals surface area contributed by atoms with Gasteiger partial charge in [-0.2, -0.15) is 0 Å². The van der Waals surface area contributed by atoms with E-state index in [1.165, 1.54) is 23.6 Å². The minimum absolute atomic E-state index is 0.0972. The first-order valence-corrected chi connectivity index (χ1v) is 7.85. The van der Waals surface area contributed by atoms with Crippen LogP contribution in [0.3, 0.4) is 0 Å². The third kappa shape index (κ3) is 3.87. The van der Waals surface area contributed by atoms with Crippen LogP contribution in [0.4, 0.5) is 4.39 Å². The molecule has 0 heterocycles. The van der Waals surface area contributed by atoms with Gasteiger partial charge in [0.05, 0.1) is 6.04 Å². The van der Waals surface area contributed by atoms with Gasteiger partial charge in [-0.3, -0.25) is 4.79 Å². The van der Waals surface area contributed by atoms with Gasteiger partial charge in [0.25, 0.3) is 0 Å². The van der Waals surface area contributed by atoms with E-state index in [9.17, 15) is 9.18 Å². The van der Waals surface area contributed by atoms with Crippen molar-refractivity contribution in [2.24, 2.45) is 0 Å². The van der Waals surface area contributed by atoms with Crippen molar-refractivity contribution in [1.29, 1.82) is 0 Å². The number of carbonyl (C=O) groups excluding carboxylic acids is 1. The maximum atomic E-state index is 12.9. The molecule has 1 N–H and O–H groups in total. The molecule has 0 saturated carbocycles. The number of nitrogens with one attached hydrogen (secondary N) is 1. The van der Waals surface area contributed by atoms with E-state index in [4.69, 9.17) is 0 Å². The van der Waals surface area contributed by atoms with Crippen molar-refractivity contribution in [2.75, 3.05) is 0 Å². The number of rotatable bonds is 4. The Balaban J connectivity index is 1.67. The Bertz CT molecular complexity index is 884. The Morgan fingerprint density at radius 3 is 2.46 bits per heavy atom. The first-order valence-electron chi connectivity index (χ1n) is 7.85. The summed E-state index contributed by atoms with van der Waals surface area (Å²) in [5.74, 6) is -0.471. The van der Waals surface area contributed by atoms with Gasteiger partial charge in [0, 0.05) is 6.08 Å². The molecule has 3 rings (SSSR count). The molecule has 1 amide bonds. The summed E-state index contributed by atoms with van der Waals surface area (Å²) in [6.45, 7) is 1.95. The van der Waals surface area contributed by atoms with E-state index >= 15 is 0 Å². The van der Waals surface area contributed by atoms with Gasteiger partial charge in [-0.05, 0) is 53.1 Å². The fourth-order valence-corrected chi connectivity index (χ4v) is 2.57. The van der Waals surface area contributed by atoms with Crippen LogP contribution < -0.4 is 5.32 Å². The molecule has 0 spiro atoms. The molecule has 24 heavy (non-hydrogen) atoms. The molecule has 0 unspecified atom stereocenters. The maximum Gasteiger partial charge on any atom is 0.244 e. The van der Waals surface area contributed by atoms with Crippen molar-refractivity contribution < 1.29 is 9.18 Å². The lowest BCUT2D eigenvalue weighted by Gasteiger charge is -2.13. The lowest BCUT2D eigenvalue weighted by atomic mass is 10.0. The van der Waals surface area contributed by atoms with Gasteiger partial charge in [-0.1, -0.05) is 48.5 Å². The second-order valence-corrected chi connectivity index (χ2v) is 5.72. The average molecular weight is 319 g/mol. The van der Waals surface area contributed by atoms with E-state index in [0.29, 0.717) is 0 Å². The number of halogens is 1. The zero-order valence-electron chi connectivity index (χ0n) is 13.4. The Labute approximate surface area is 140 Å². The lowest BCUT2D eigenvalue weighted by molar-refractivity contribution is -0.117. The largest absolute Gasteiger partial charge is 0.346 e. The molecule has 0 aliphatic rings. The van der Waals surface area contributed by atoms with E-state index in [1.807, 2.05) is 25.1 Å². The van der Waals surface area contributed by atoms with Crippen LogP contribution >= 0.6 is 0 Å². The normalized spacial score (nSPS) is 12.4. The molecule has 0 aromatic heterocycles. The quantitative estimate of drug-likeness (QED) is 0.683. The Kier molecular flexibility index (Phi) is 4.71. The lowest BCUT2D eigenvalue weighted by Crippen LogP contribution is -2.24. The fourth-order valence-electron chi connectivity index (χ4n) is 2.57. The Morgan fingerprint density at radius 2 is 1.71 bits per heavy atom. The van der Waals surface area contributed by atoms with Gasteiger partial charge < -0.3 is 5.32 Å². The standard InChI is InChI=1S/C21H18FNO/c1-15(18-10-9-17-4-2-3-5-19(17)14-18)23-21(24)13-8-16-6-11-20(22)12-7-16/h2-15H,1H3,(H,23,24)/t15-/m0/s1. The number of amides is 1. The zero-order valence-corrected chi connectivity index (χ0v) is 13.4. The summed E-state index contributed by atoms with van der Waals surface area (Å²) in [5, 5.41) is 5.27. The smallest absolute Gasteiger partial charge is 0.244 e. The van der Waals surface area contributed by atoms with Crippen molar-refractivity contribution >= 4 is 22.8 Å². The predicted molar refractivity (Wildman–Crippen MR) is 95.9 cm³/mol.